The van der Waals surface area contributed by atoms with Crippen molar-refractivity contribution in [2.45, 2.75) is 38.1 Å². The molecule has 2 atom stereocenters. The van der Waals surface area contributed by atoms with Crippen molar-refractivity contribution in [1.82, 2.24) is 15.1 Å². The molecule has 1 heterocycles. The Bertz CT molecular complexity index is 755. The molecule has 5 heteroatoms. The summed E-state index contributed by atoms with van der Waals surface area (Å²) in [6.07, 6.45) is 5.45. The highest BCUT2D eigenvalue weighted by atomic mass is 16.2. The molecule has 1 N–H and O–H groups in total. The second-order valence-electron chi connectivity index (χ2n) is 6.49. The van der Waals surface area contributed by atoms with Gasteiger partial charge in [-0.1, -0.05) is 43.2 Å². The lowest BCUT2D eigenvalue weighted by atomic mass is 9.80. The van der Waals surface area contributed by atoms with Gasteiger partial charge in [0.1, 0.15) is 5.69 Å². The second-order valence-corrected chi connectivity index (χ2v) is 6.49. The van der Waals surface area contributed by atoms with Crippen molar-refractivity contribution in [2.75, 3.05) is 0 Å². The fourth-order valence-corrected chi connectivity index (χ4v) is 3.42. The fourth-order valence-electron chi connectivity index (χ4n) is 3.42. The third-order valence-electron chi connectivity index (χ3n) is 4.76. The molecule has 0 bridgehead atoms. The van der Waals surface area contributed by atoms with Crippen molar-refractivity contribution >= 4 is 5.91 Å². The van der Waals surface area contributed by atoms with Crippen LogP contribution in [0.3, 0.4) is 0 Å². The third-order valence-corrected chi connectivity index (χ3v) is 4.76. The smallest absolute Gasteiger partial charge is 0.271 e. The van der Waals surface area contributed by atoms with Crippen LogP contribution in [0, 0.1) is 5.92 Å². The zero-order valence-electron chi connectivity index (χ0n) is 13.9. The number of nitrogens with one attached hydrogen (secondary N) is 1. The molecule has 1 aromatic carbocycles. The largest absolute Gasteiger partial charge is 0.348 e. The number of hydrogen-bond acceptors (Lipinski definition) is 3. The maximum Gasteiger partial charge on any atom is 0.271 e. The van der Waals surface area contributed by atoms with Crippen molar-refractivity contribution in [1.29, 1.82) is 0 Å². The maximum atomic E-state index is 12.5. The van der Waals surface area contributed by atoms with Crippen LogP contribution in [-0.4, -0.2) is 21.7 Å². The SMILES string of the molecule is Cn1nc(C(=O)N[C@@H]2CCCC[C@H]2Cc2ccccc2)ccc1=O. The summed E-state index contributed by atoms with van der Waals surface area (Å²) in [6.45, 7) is 0. The molecule has 24 heavy (non-hydrogen) atoms. The van der Waals surface area contributed by atoms with Gasteiger partial charge in [0.15, 0.2) is 0 Å². The van der Waals surface area contributed by atoms with E-state index in [2.05, 4.69) is 34.7 Å². The third kappa shape index (κ3) is 3.91. The molecule has 5 nitrogen and oxygen atoms in total. The highest BCUT2D eigenvalue weighted by Gasteiger charge is 2.27. The number of amides is 1. The minimum atomic E-state index is -0.217. The predicted octanol–water partition coefficient (Wildman–Crippen LogP) is 2.31. The minimum absolute atomic E-state index is 0.158. The van der Waals surface area contributed by atoms with Crippen molar-refractivity contribution in [3.63, 3.8) is 0 Å². The Morgan fingerprint density at radius 2 is 1.92 bits per heavy atom. The Kier molecular flexibility index (Phi) is 5.08. The van der Waals surface area contributed by atoms with Crippen LogP contribution in [0.4, 0.5) is 0 Å². The average Bonchev–Trinajstić information content (AvgIpc) is 2.60. The lowest BCUT2D eigenvalue weighted by Gasteiger charge is -2.32. The Labute approximate surface area is 141 Å². The van der Waals surface area contributed by atoms with Gasteiger partial charge < -0.3 is 5.32 Å². The summed E-state index contributed by atoms with van der Waals surface area (Å²) in [5, 5.41) is 7.17. The highest BCUT2D eigenvalue weighted by Crippen LogP contribution is 2.27. The molecule has 0 saturated heterocycles. The van der Waals surface area contributed by atoms with Crippen molar-refractivity contribution in [3.05, 3.63) is 64.1 Å². The zero-order chi connectivity index (χ0) is 16.9. The van der Waals surface area contributed by atoms with E-state index < -0.39 is 0 Å². The van der Waals surface area contributed by atoms with E-state index in [4.69, 9.17) is 0 Å². The van der Waals surface area contributed by atoms with Gasteiger partial charge in [0.25, 0.3) is 11.5 Å². The van der Waals surface area contributed by atoms with Gasteiger partial charge in [-0.25, -0.2) is 4.68 Å². The predicted molar refractivity (Wildman–Crippen MR) is 92.8 cm³/mol. The Morgan fingerprint density at radius 1 is 1.17 bits per heavy atom. The number of aryl methyl sites for hydroxylation is 1. The molecule has 126 valence electrons. The van der Waals surface area contributed by atoms with Gasteiger partial charge in [0.2, 0.25) is 0 Å². The van der Waals surface area contributed by atoms with Crippen LogP contribution in [0.15, 0.2) is 47.3 Å². The van der Waals surface area contributed by atoms with Crippen LogP contribution < -0.4 is 10.9 Å². The summed E-state index contributed by atoms with van der Waals surface area (Å²) in [5.74, 6) is 0.244. The molecule has 1 fully saturated rings. The molecule has 0 spiro atoms. The maximum absolute atomic E-state index is 12.5. The summed E-state index contributed by atoms with van der Waals surface area (Å²) in [7, 11) is 1.55. The number of carbonyl (C=O) groups is 1. The molecule has 1 aliphatic carbocycles. The Balaban J connectivity index is 1.70. The van der Waals surface area contributed by atoms with E-state index >= 15 is 0 Å². The van der Waals surface area contributed by atoms with Gasteiger partial charge in [0.05, 0.1) is 0 Å². The van der Waals surface area contributed by atoms with Crippen LogP contribution >= 0.6 is 0 Å². The number of nitrogens with zero attached hydrogens (tertiary/aromatic N) is 2. The molecule has 0 unspecified atom stereocenters. The van der Waals surface area contributed by atoms with E-state index in [1.54, 1.807) is 7.05 Å². The van der Waals surface area contributed by atoms with E-state index in [0.29, 0.717) is 11.6 Å². The summed E-state index contributed by atoms with van der Waals surface area (Å²) in [4.78, 5) is 23.9. The number of hydrogen-bond donors (Lipinski definition) is 1. The molecule has 0 aliphatic heterocycles. The van der Waals surface area contributed by atoms with Gasteiger partial charge >= 0.3 is 0 Å². The molecule has 1 aliphatic rings. The van der Waals surface area contributed by atoms with Gasteiger partial charge in [-0.15, -0.1) is 0 Å². The van der Waals surface area contributed by atoms with E-state index in [-0.39, 0.29) is 17.5 Å². The zero-order valence-corrected chi connectivity index (χ0v) is 13.9. The Morgan fingerprint density at radius 3 is 2.67 bits per heavy atom. The van der Waals surface area contributed by atoms with Gasteiger partial charge in [-0.05, 0) is 36.8 Å². The molecule has 2 aromatic rings. The number of aromatic nitrogens is 2. The first kappa shape index (κ1) is 16.4. The summed E-state index contributed by atoms with van der Waals surface area (Å²) >= 11 is 0. The fraction of sp³-hybridized carbons (Fsp3) is 0.421. The number of carbonyl (C=O) groups excluding carboxylic acids is 1. The van der Waals surface area contributed by atoms with Crippen LogP contribution in [0.2, 0.25) is 0 Å². The van der Waals surface area contributed by atoms with Crippen LogP contribution in [-0.2, 0) is 13.5 Å². The van der Waals surface area contributed by atoms with Crippen molar-refractivity contribution < 1.29 is 4.79 Å². The standard InChI is InChI=1S/C19H23N3O2/c1-22-18(23)12-11-17(21-22)19(24)20-16-10-6-5-9-15(16)13-14-7-3-2-4-8-14/h2-4,7-8,11-12,15-16H,5-6,9-10,13H2,1H3,(H,20,24)/t15-,16+/m0/s1. The van der Waals surface area contributed by atoms with Crippen LogP contribution in [0.25, 0.3) is 0 Å². The second kappa shape index (κ2) is 7.43. The lowest BCUT2D eigenvalue weighted by molar-refractivity contribution is 0.0898. The summed E-state index contributed by atoms with van der Waals surface area (Å²) < 4.78 is 1.19. The minimum Gasteiger partial charge on any atom is -0.348 e. The number of benzene rings is 1. The van der Waals surface area contributed by atoms with Crippen LogP contribution in [0.5, 0.6) is 0 Å². The average molecular weight is 325 g/mol. The molecular formula is C19H23N3O2. The van der Waals surface area contributed by atoms with E-state index in [9.17, 15) is 9.59 Å². The monoisotopic (exact) mass is 325 g/mol. The lowest BCUT2D eigenvalue weighted by Crippen LogP contribution is -2.43. The highest BCUT2D eigenvalue weighted by molar-refractivity contribution is 5.92. The first-order valence-corrected chi connectivity index (χ1v) is 8.52. The van der Waals surface area contributed by atoms with E-state index in [1.165, 1.54) is 28.8 Å². The molecule has 0 radical (unpaired) electrons. The van der Waals surface area contributed by atoms with Gasteiger partial charge in [-0.3, -0.25) is 9.59 Å². The normalized spacial score (nSPS) is 20.5. The molecule has 1 amide bonds. The molecule has 3 rings (SSSR count). The molecule has 1 aromatic heterocycles. The first-order chi connectivity index (χ1) is 11.6. The van der Waals surface area contributed by atoms with Gasteiger partial charge in [0, 0.05) is 19.2 Å². The van der Waals surface area contributed by atoms with Gasteiger partial charge in [-0.2, -0.15) is 5.10 Å². The van der Waals surface area contributed by atoms with Crippen molar-refractivity contribution in [2.24, 2.45) is 13.0 Å². The van der Waals surface area contributed by atoms with Crippen molar-refractivity contribution in [3.8, 4) is 0 Å². The quantitative estimate of drug-likeness (QED) is 0.938. The Hall–Kier alpha value is -2.43. The molecule has 1 saturated carbocycles. The summed E-state index contributed by atoms with van der Waals surface area (Å²) in [6, 6.07) is 13.4. The summed E-state index contributed by atoms with van der Waals surface area (Å²) in [5.41, 5.74) is 1.39. The van der Waals surface area contributed by atoms with Crippen LogP contribution in [0.1, 0.15) is 41.7 Å². The van der Waals surface area contributed by atoms with E-state index in [0.717, 1.165) is 25.7 Å². The molecular weight excluding hydrogens is 302 g/mol. The topological polar surface area (TPSA) is 64.0 Å². The van der Waals surface area contributed by atoms with E-state index in [1.807, 2.05) is 6.07 Å². The first-order valence-electron chi connectivity index (χ1n) is 8.52. The number of rotatable bonds is 4.